The highest BCUT2D eigenvalue weighted by molar-refractivity contribution is 6.17. The van der Waals surface area contributed by atoms with Crippen LogP contribution in [0.25, 0.3) is 0 Å². The van der Waals surface area contributed by atoms with Crippen molar-refractivity contribution in [1.82, 2.24) is 4.90 Å². The zero-order valence-electron chi connectivity index (χ0n) is 15.8. The van der Waals surface area contributed by atoms with Gasteiger partial charge in [0.05, 0.1) is 12.7 Å². The van der Waals surface area contributed by atoms with Crippen LogP contribution >= 0.6 is 0 Å². The van der Waals surface area contributed by atoms with Crippen molar-refractivity contribution in [1.29, 1.82) is 0 Å². The van der Waals surface area contributed by atoms with Crippen molar-refractivity contribution in [2.75, 3.05) is 19.0 Å². The maximum Gasteiger partial charge on any atom is 0.337 e. The van der Waals surface area contributed by atoms with Crippen LogP contribution in [-0.4, -0.2) is 36.3 Å². The van der Waals surface area contributed by atoms with Crippen LogP contribution in [0, 0.1) is 18.6 Å². The van der Waals surface area contributed by atoms with E-state index in [2.05, 4.69) is 10.1 Å². The van der Waals surface area contributed by atoms with Gasteiger partial charge < -0.3 is 10.1 Å². The van der Waals surface area contributed by atoms with Gasteiger partial charge >= 0.3 is 5.97 Å². The lowest BCUT2D eigenvalue weighted by Crippen LogP contribution is -2.33. The number of hydrogen-bond donors (Lipinski definition) is 1. The fraction of sp³-hybridized carbons (Fsp3) is 0.190. The molecule has 3 rings (SSSR count). The van der Waals surface area contributed by atoms with E-state index in [-0.39, 0.29) is 23.5 Å². The maximum absolute atomic E-state index is 13.7. The lowest BCUT2D eigenvalue weighted by Gasteiger charge is -2.15. The van der Waals surface area contributed by atoms with E-state index in [0.29, 0.717) is 12.0 Å². The Morgan fingerprint density at radius 3 is 2.31 bits per heavy atom. The standard InChI is InChI=1S/C21H18F2N2O4/c1-12-16(22)9-15(10-17(12)23)24-18-11-19(26)25(20(18)27)8-7-13-3-5-14(6-4-13)21(28)29-2/h3-6,9-11,24H,7-8H2,1-2H3. The summed E-state index contributed by atoms with van der Waals surface area (Å²) in [5.41, 5.74) is 1.08. The van der Waals surface area contributed by atoms with E-state index in [4.69, 9.17) is 0 Å². The third-order valence-electron chi connectivity index (χ3n) is 4.57. The highest BCUT2D eigenvalue weighted by Crippen LogP contribution is 2.22. The van der Waals surface area contributed by atoms with Gasteiger partial charge in [-0.15, -0.1) is 0 Å². The van der Waals surface area contributed by atoms with Gasteiger partial charge in [0.25, 0.3) is 11.8 Å². The number of esters is 1. The summed E-state index contributed by atoms with van der Waals surface area (Å²) in [4.78, 5) is 37.1. The second-order valence-corrected chi connectivity index (χ2v) is 6.48. The lowest BCUT2D eigenvalue weighted by atomic mass is 10.1. The molecule has 1 aliphatic rings. The zero-order chi connectivity index (χ0) is 21.1. The van der Waals surface area contributed by atoms with Crippen LogP contribution in [0.2, 0.25) is 0 Å². The largest absolute Gasteiger partial charge is 0.465 e. The molecule has 0 bridgehead atoms. The smallest absolute Gasteiger partial charge is 0.337 e. The average Bonchev–Trinajstić information content (AvgIpc) is 2.97. The van der Waals surface area contributed by atoms with Gasteiger partial charge in [0.15, 0.2) is 0 Å². The number of nitrogens with one attached hydrogen (secondary N) is 1. The number of ether oxygens (including phenoxy) is 1. The van der Waals surface area contributed by atoms with Crippen molar-refractivity contribution < 1.29 is 27.9 Å². The fourth-order valence-corrected chi connectivity index (χ4v) is 2.85. The van der Waals surface area contributed by atoms with E-state index in [1.807, 2.05) is 0 Å². The van der Waals surface area contributed by atoms with Gasteiger partial charge in [-0.25, -0.2) is 13.6 Å². The lowest BCUT2D eigenvalue weighted by molar-refractivity contribution is -0.137. The normalized spacial score (nSPS) is 13.5. The Bertz CT molecular complexity index is 993. The van der Waals surface area contributed by atoms with E-state index in [0.717, 1.165) is 28.7 Å². The highest BCUT2D eigenvalue weighted by Gasteiger charge is 2.31. The van der Waals surface area contributed by atoms with Crippen molar-refractivity contribution in [3.63, 3.8) is 0 Å². The first-order valence-corrected chi connectivity index (χ1v) is 8.77. The minimum atomic E-state index is -0.753. The molecule has 0 saturated heterocycles. The first-order valence-electron chi connectivity index (χ1n) is 8.77. The van der Waals surface area contributed by atoms with Gasteiger partial charge in [-0.3, -0.25) is 14.5 Å². The number of rotatable bonds is 6. The molecule has 2 aromatic carbocycles. The Kier molecular flexibility index (Phi) is 5.72. The molecule has 6 nitrogen and oxygen atoms in total. The SMILES string of the molecule is COC(=O)c1ccc(CCN2C(=O)C=C(Nc3cc(F)c(C)c(F)c3)C2=O)cc1. The van der Waals surface area contributed by atoms with Crippen LogP contribution in [0.1, 0.15) is 21.5 Å². The minimum absolute atomic E-state index is 0.0400. The predicted octanol–water partition coefficient (Wildman–Crippen LogP) is 2.97. The van der Waals surface area contributed by atoms with Crippen LogP contribution < -0.4 is 5.32 Å². The number of imide groups is 1. The number of carbonyl (C=O) groups is 3. The van der Waals surface area contributed by atoms with Crippen LogP contribution in [0.5, 0.6) is 0 Å². The van der Waals surface area contributed by atoms with Crippen LogP contribution in [0.4, 0.5) is 14.5 Å². The number of amides is 2. The van der Waals surface area contributed by atoms with E-state index in [1.54, 1.807) is 24.3 Å². The predicted molar refractivity (Wildman–Crippen MR) is 101 cm³/mol. The highest BCUT2D eigenvalue weighted by atomic mass is 19.1. The topological polar surface area (TPSA) is 75.7 Å². The molecular weight excluding hydrogens is 382 g/mol. The van der Waals surface area contributed by atoms with Gasteiger partial charge in [-0.2, -0.15) is 0 Å². The van der Waals surface area contributed by atoms with E-state index >= 15 is 0 Å². The number of halogens is 2. The van der Waals surface area contributed by atoms with Gasteiger partial charge in [-0.05, 0) is 43.2 Å². The molecule has 29 heavy (non-hydrogen) atoms. The summed E-state index contributed by atoms with van der Waals surface area (Å²) in [6, 6.07) is 8.73. The molecule has 2 amide bonds. The summed E-state index contributed by atoms with van der Waals surface area (Å²) < 4.78 is 32.0. The Morgan fingerprint density at radius 2 is 1.72 bits per heavy atom. The van der Waals surface area contributed by atoms with Crippen LogP contribution in [0.15, 0.2) is 48.2 Å². The molecular formula is C21H18F2N2O4. The summed E-state index contributed by atoms with van der Waals surface area (Å²) in [7, 11) is 1.29. The second-order valence-electron chi connectivity index (χ2n) is 6.48. The monoisotopic (exact) mass is 400 g/mol. The molecule has 8 heteroatoms. The Morgan fingerprint density at radius 1 is 1.10 bits per heavy atom. The second kappa shape index (κ2) is 8.22. The number of nitrogens with zero attached hydrogens (tertiary/aromatic N) is 1. The molecule has 1 heterocycles. The van der Waals surface area contributed by atoms with Crippen molar-refractivity contribution in [2.24, 2.45) is 0 Å². The van der Waals surface area contributed by atoms with E-state index in [9.17, 15) is 23.2 Å². The van der Waals surface area contributed by atoms with Gasteiger partial charge in [0.2, 0.25) is 0 Å². The molecule has 2 aromatic rings. The van der Waals surface area contributed by atoms with Crippen LogP contribution in [0.3, 0.4) is 0 Å². The Labute approximate surface area is 165 Å². The Hall–Kier alpha value is -3.55. The van der Waals surface area contributed by atoms with Crippen molar-refractivity contribution in [3.8, 4) is 0 Å². The molecule has 0 aromatic heterocycles. The molecule has 150 valence electrons. The van der Waals surface area contributed by atoms with Crippen molar-refractivity contribution in [2.45, 2.75) is 13.3 Å². The molecule has 0 fully saturated rings. The summed E-state index contributed by atoms with van der Waals surface area (Å²) in [5.74, 6) is -3.06. The average molecular weight is 400 g/mol. The number of benzene rings is 2. The number of hydrogen-bond acceptors (Lipinski definition) is 5. The summed E-state index contributed by atoms with van der Waals surface area (Å²) in [6.45, 7) is 1.42. The molecule has 1 aliphatic heterocycles. The zero-order valence-corrected chi connectivity index (χ0v) is 15.8. The third kappa shape index (κ3) is 4.31. The fourth-order valence-electron chi connectivity index (χ4n) is 2.85. The molecule has 0 aliphatic carbocycles. The number of carbonyl (C=O) groups excluding carboxylic acids is 3. The quantitative estimate of drug-likeness (QED) is 0.596. The van der Waals surface area contributed by atoms with E-state index in [1.165, 1.54) is 14.0 Å². The van der Waals surface area contributed by atoms with Gasteiger partial charge in [0.1, 0.15) is 17.3 Å². The minimum Gasteiger partial charge on any atom is -0.465 e. The number of anilines is 1. The molecule has 0 atom stereocenters. The molecule has 0 radical (unpaired) electrons. The summed E-state index contributed by atoms with van der Waals surface area (Å²) in [6.07, 6.45) is 1.48. The molecule has 0 spiro atoms. The molecule has 0 saturated carbocycles. The maximum atomic E-state index is 13.7. The molecule has 1 N–H and O–H groups in total. The van der Waals surface area contributed by atoms with Crippen molar-refractivity contribution >= 4 is 23.5 Å². The van der Waals surface area contributed by atoms with Crippen molar-refractivity contribution in [3.05, 3.63) is 76.5 Å². The Balaban J connectivity index is 1.64. The summed E-state index contributed by atoms with van der Waals surface area (Å²) in [5, 5.41) is 2.60. The third-order valence-corrected chi connectivity index (χ3v) is 4.57. The van der Waals surface area contributed by atoms with Gasteiger partial charge in [0, 0.05) is 23.9 Å². The summed E-state index contributed by atoms with van der Waals surface area (Å²) >= 11 is 0. The van der Waals surface area contributed by atoms with Crippen LogP contribution in [-0.2, 0) is 20.7 Å². The number of methoxy groups -OCH3 is 1. The molecule has 0 unspecified atom stereocenters. The first-order chi connectivity index (χ1) is 13.8. The van der Waals surface area contributed by atoms with E-state index < -0.39 is 29.4 Å². The van der Waals surface area contributed by atoms with Gasteiger partial charge in [-0.1, -0.05) is 12.1 Å². The first kappa shape index (κ1) is 20.2.